The Morgan fingerprint density at radius 3 is 2.60 bits per heavy atom. The van der Waals surface area contributed by atoms with Gasteiger partial charge in [-0.2, -0.15) is 5.01 Å². The number of benzene rings is 2. The summed E-state index contributed by atoms with van der Waals surface area (Å²) in [6, 6.07) is 14.8. The molecule has 0 radical (unpaired) electrons. The molecular formula is C18H17BrN2O4. The van der Waals surface area contributed by atoms with Crippen molar-refractivity contribution in [2.75, 3.05) is 13.7 Å². The second kappa shape index (κ2) is 7.57. The smallest absolute Gasteiger partial charge is 0.247 e. The van der Waals surface area contributed by atoms with Crippen LogP contribution in [-0.2, 0) is 9.53 Å². The van der Waals surface area contributed by atoms with Crippen molar-refractivity contribution in [1.82, 2.24) is 5.01 Å². The maximum Gasteiger partial charge on any atom is 0.247 e. The van der Waals surface area contributed by atoms with Crippen LogP contribution in [0.4, 0.5) is 0 Å². The molecule has 2 aromatic rings. The number of halogens is 1. The van der Waals surface area contributed by atoms with Crippen LogP contribution in [0.25, 0.3) is 0 Å². The number of methoxy groups -OCH3 is 1. The lowest BCUT2D eigenvalue weighted by molar-refractivity contribution is -0.135. The average Bonchev–Trinajstić information content (AvgIpc) is 3.06. The third kappa shape index (κ3) is 3.93. The summed E-state index contributed by atoms with van der Waals surface area (Å²) >= 11 is 3.42. The highest BCUT2D eigenvalue weighted by Gasteiger charge is 2.32. The Labute approximate surface area is 154 Å². The van der Waals surface area contributed by atoms with E-state index in [1.54, 1.807) is 7.11 Å². The van der Waals surface area contributed by atoms with Crippen LogP contribution in [0.15, 0.2) is 58.1 Å². The largest absolute Gasteiger partial charge is 0.497 e. The van der Waals surface area contributed by atoms with Crippen LogP contribution in [0.2, 0.25) is 0 Å². The van der Waals surface area contributed by atoms with Crippen molar-refractivity contribution in [2.24, 2.45) is 5.10 Å². The van der Waals surface area contributed by atoms with Crippen LogP contribution in [0.3, 0.4) is 0 Å². The van der Waals surface area contributed by atoms with Gasteiger partial charge in [0.2, 0.25) is 18.0 Å². The first kappa shape index (κ1) is 17.3. The second-order valence-corrected chi connectivity index (χ2v) is 6.17. The summed E-state index contributed by atoms with van der Waals surface area (Å²) in [5.41, 5.74) is 0.802. The maximum atomic E-state index is 11.9. The predicted molar refractivity (Wildman–Crippen MR) is 96.4 cm³/mol. The molecule has 0 unspecified atom stereocenters. The number of rotatable bonds is 5. The maximum absolute atomic E-state index is 11.9. The van der Waals surface area contributed by atoms with Crippen LogP contribution in [-0.4, -0.2) is 30.5 Å². The fraction of sp³-hybridized carbons (Fsp3) is 0.222. The quantitative estimate of drug-likeness (QED) is 0.761. The highest BCUT2D eigenvalue weighted by Crippen LogP contribution is 2.30. The molecule has 7 heteroatoms. The molecule has 1 aliphatic heterocycles. The van der Waals surface area contributed by atoms with E-state index in [1.807, 2.05) is 48.5 Å². The van der Waals surface area contributed by atoms with Gasteiger partial charge in [0.1, 0.15) is 11.5 Å². The van der Waals surface area contributed by atoms with E-state index in [4.69, 9.17) is 14.2 Å². The number of para-hydroxylation sites is 1. The van der Waals surface area contributed by atoms with Crippen molar-refractivity contribution in [3.05, 3.63) is 58.6 Å². The van der Waals surface area contributed by atoms with Crippen molar-refractivity contribution < 1.29 is 19.0 Å². The zero-order valence-corrected chi connectivity index (χ0v) is 15.4. The fourth-order valence-corrected chi connectivity index (χ4v) is 2.75. The third-order valence-electron chi connectivity index (χ3n) is 3.60. The Morgan fingerprint density at radius 2 is 1.96 bits per heavy atom. The van der Waals surface area contributed by atoms with E-state index in [0.717, 1.165) is 15.8 Å². The zero-order chi connectivity index (χ0) is 17.8. The Balaban J connectivity index is 1.73. The van der Waals surface area contributed by atoms with Gasteiger partial charge in [-0.15, -0.1) is 5.10 Å². The molecule has 1 amide bonds. The number of hydrogen-bond acceptors (Lipinski definition) is 5. The Morgan fingerprint density at radius 1 is 1.24 bits per heavy atom. The minimum atomic E-state index is -0.610. The molecule has 3 rings (SSSR count). The van der Waals surface area contributed by atoms with Gasteiger partial charge in [-0.1, -0.05) is 12.1 Å². The van der Waals surface area contributed by atoms with E-state index < -0.39 is 6.23 Å². The van der Waals surface area contributed by atoms with E-state index >= 15 is 0 Å². The molecule has 1 heterocycles. The molecule has 0 fully saturated rings. The molecule has 1 atom stereocenters. The molecule has 0 saturated heterocycles. The molecule has 0 saturated carbocycles. The first-order chi connectivity index (χ1) is 12.1. The molecule has 25 heavy (non-hydrogen) atoms. The Bertz CT molecular complexity index is 792. The normalized spacial score (nSPS) is 16.2. The summed E-state index contributed by atoms with van der Waals surface area (Å²) in [5.74, 6) is 1.54. The number of hydrogen-bond donors (Lipinski definition) is 0. The predicted octanol–water partition coefficient (Wildman–Crippen LogP) is 3.73. The minimum absolute atomic E-state index is 0.124. The standard InChI is InChI=1S/C18H17BrN2O4/c1-12(22)21-18(13-7-9-14(23-2)10-8-13)25-17(20-21)11-24-16-6-4-3-5-15(16)19/h3-10,18H,11H2,1-2H3/t18-/m0/s1. The summed E-state index contributed by atoms with van der Waals surface area (Å²) in [7, 11) is 1.60. The molecule has 0 aliphatic carbocycles. The zero-order valence-electron chi connectivity index (χ0n) is 13.8. The molecule has 1 aliphatic rings. The number of nitrogens with zero attached hydrogens (tertiary/aromatic N) is 2. The number of ether oxygens (including phenoxy) is 3. The molecule has 0 aromatic heterocycles. The SMILES string of the molecule is COc1ccc([C@@H]2OC(COc3ccccc3Br)=NN2C(C)=O)cc1. The third-order valence-corrected chi connectivity index (χ3v) is 4.26. The van der Waals surface area contributed by atoms with Crippen LogP contribution in [0.1, 0.15) is 18.7 Å². The summed E-state index contributed by atoms with van der Waals surface area (Å²) in [6.07, 6.45) is -0.610. The molecule has 130 valence electrons. The van der Waals surface area contributed by atoms with Gasteiger partial charge in [0.15, 0.2) is 6.61 Å². The lowest BCUT2D eigenvalue weighted by atomic mass is 10.2. The Kier molecular flexibility index (Phi) is 5.23. The van der Waals surface area contributed by atoms with E-state index in [-0.39, 0.29) is 12.5 Å². The molecule has 0 N–H and O–H groups in total. The molecule has 0 bridgehead atoms. The summed E-state index contributed by atoms with van der Waals surface area (Å²) < 4.78 is 17.5. The first-order valence-corrected chi connectivity index (χ1v) is 8.43. The van der Waals surface area contributed by atoms with E-state index in [1.165, 1.54) is 11.9 Å². The second-order valence-electron chi connectivity index (χ2n) is 5.32. The molecular weight excluding hydrogens is 388 g/mol. The van der Waals surface area contributed by atoms with Gasteiger partial charge in [0.05, 0.1) is 11.6 Å². The van der Waals surface area contributed by atoms with Gasteiger partial charge in [0, 0.05) is 12.5 Å². The van der Waals surface area contributed by atoms with Crippen molar-refractivity contribution in [1.29, 1.82) is 0 Å². The number of hydrazone groups is 1. The molecule has 2 aromatic carbocycles. The number of carbonyl (C=O) groups excluding carboxylic acids is 1. The van der Waals surface area contributed by atoms with Gasteiger partial charge in [-0.05, 0) is 52.3 Å². The summed E-state index contributed by atoms with van der Waals surface area (Å²) in [4.78, 5) is 11.9. The Hall–Kier alpha value is -2.54. The van der Waals surface area contributed by atoms with Gasteiger partial charge >= 0.3 is 0 Å². The first-order valence-electron chi connectivity index (χ1n) is 7.63. The summed E-state index contributed by atoms with van der Waals surface area (Å²) in [6.45, 7) is 1.57. The van der Waals surface area contributed by atoms with Crippen LogP contribution in [0, 0.1) is 0 Å². The lowest BCUT2D eigenvalue weighted by Crippen LogP contribution is -2.25. The van der Waals surface area contributed by atoms with Crippen molar-refractivity contribution in [3.63, 3.8) is 0 Å². The lowest BCUT2D eigenvalue weighted by Gasteiger charge is -2.19. The van der Waals surface area contributed by atoms with Gasteiger partial charge in [-0.3, -0.25) is 4.79 Å². The van der Waals surface area contributed by atoms with Crippen molar-refractivity contribution in [3.8, 4) is 11.5 Å². The van der Waals surface area contributed by atoms with Crippen molar-refractivity contribution in [2.45, 2.75) is 13.2 Å². The van der Waals surface area contributed by atoms with Crippen LogP contribution < -0.4 is 9.47 Å². The highest BCUT2D eigenvalue weighted by atomic mass is 79.9. The summed E-state index contributed by atoms with van der Waals surface area (Å²) in [5, 5.41) is 5.55. The van der Waals surface area contributed by atoms with Crippen LogP contribution >= 0.6 is 15.9 Å². The topological polar surface area (TPSA) is 60.4 Å². The highest BCUT2D eigenvalue weighted by molar-refractivity contribution is 9.10. The minimum Gasteiger partial charge on any atom is -0.497 e. The molecule has 0 spiro atoms. The fourth-order valence-electron chi connectivity index (χ4n) is 2.35. The molecule has 6 nitrogen and oxygen atoms in total. The van der Waals surface area contributed by atoms with Gasteiger partial charge < -0.3 is 14.2 Å². The van der Waals surface area contributed by atoms with E-state index in [9.17, 15) is 4.79 Å². The number of carbonyl (C=O) groups is 1. The van der Waals surface area contributed by atoms with Gasteiger partial charge in [-0.25, -0.2) is 0 Å². The average molecular weight is 405 g/mol. The van der Waals surface area contributed by atoms with Crippen LogP contribution in [0.5, 0.6) is 11.5 Å². The van der Waals surface area contributed by atoms with E-state index in [2.05, 4.69) is 21.0 Å². The van der Waals surface area contributed by atoms with E-state index in [0.29, 0.717) is 11.6 Å². The monoisotopic (exact) mass is 404 g/mol. The van der Waals surface area contributed by atoms with Crippen molar-refractivity contribution >= 4 is 27.7 Å². The number of amides is 1. The van der Waals surface area contributed by atoms with Gasteiger partial charge in [0.25, 0.3) is 0 Å².